The molecule has 4 rings (SSSR count). The van der Waals surface area contributed by atoms with Gasteiger partial charge in [-0.1, -0.05) is 40.2 Å². The summed E-state index contributed by atoms with van der Waals surface area (Å²) in [5.74, 6) is -0.735. The molecule has 0 aromatic heterocycles. The molecule has 1 fully saturated rings. The number of nitrogens with zero attached hydrogens (tertiary/aromatic N) is 2. The molecule has 8 nitrogen and oxygen atoms in total. The lowest BCUT2D eigenvalue weighted by atomic mass is 10.1. The minimum Gasteiger partial charge on any atom is -0.493 e. The topological polar surface area (TPSA) is 109 Å². The lowest BCUT2D eigenvalue weighted by Crippen LogP contribution is -2.54. The van der Waals surface area contributed by atoms with Gasteiger partial charge in [0.25, 0.3) is 11.8 Å². The lowest BCUT2D eigenvalue weighted by Gasteiger charge is -2.26. The summed E-state index contributed by atoms with van der Waals surface area (Å²) in [6.45, 7) is 0.158. The highest BCUT2D eigenvalue weighted by molar-refractivity contribution is 9.10. The van der Waals surface area contributed by atoms with E-state index in [1.165, 1.54) is 13.2 Å². The first-order valence-corrected chi connectivity index (χ1v) is 11.2. The van der Waals surface area contributed by atoms with Crippen LogP contribution in [0.2, 0.25) is 0 Å². The van der Waals surface area contributed by atoms with Crippen molar-refractivity contribution < 1.29 is 23.9 Å². The number of amides is 4. The number of hydrogen-bond acceptors (Lipinski definition) is 6. The van der Waals surface area contributed by atoms with Crippen molar-refractivity contribution in [3.63, 3.8) is 0 Å². The highest BCUT2D eigenvalue weighted by Crippen LogP contribution is 2.31. The van der Waals surface area contributed by atoms with E-state index in [0.717, 1.165) is 14.9 Å². The summed E-state index contributed by atoms with van der Waals surface area (Å²) < 4.78 is 12.0. The van der Waals surface area contributed by atoms with E-state index in [1.54, 1.807) is 60.7 Å². The van der Waals surface area contributed by atoms with Gasteiger partial charge in [0.2, 0.25) is 0 Å². The number of hydrogen-bond donors (Lipinski definition) is 1. The summed E-state index contributed by atoms with van der Waals surface area (Å²) in [7, 11) is 1.47. The number of anilines is 1. The normalized spacial score (nSPS) is 14.5. The Hall–Kier alpha value is -4.42. The molecule has 0 atom stereocenters. The molecule has 4 amide bonds. The van der Waals surface area contributed by atoms with E-state index in [9.17, 15) is 19.6 Å². The van der Waals surface area contributed by atoms with Crippen molar-refractivity contribution in [2.45, 2.75) is 6.61 Å². The van der Waals surface area contributed by atoms with Crippen molar-refractivity contribution in [1.82, 2.24) is 5.32 Å². The molecule has 9 heteroatoms. The third kappa shape index (κ3) is 5.08. The minimum absolute atomic E-state index is 0.158. The van der Waals surface area contributed by atoms with E-state index < -0.39 is 17.8 Å². The number of imide groups is 2. The second-order valence-electron chi connectivity index (χ2n) is 7.40. The third-order valence-electron chi connectivity index (χ3n) is 5.21. The number of urea groups is 1. The molecule has 3 aromatic rings. The summed E-state index contributed by atoms with van der Waals surface area (Å²) in [5, 5.41) is 11.4. The fraction of sp³-hybridized carbons (Fsp3) is 0.0769. The van der Waals surface area contributed by atoms with E-state index >= 15 is 0 Å². The van der Waals surface area contributed by atoms with Gasteiger partial charge in [0.1, 0.15) is 12.2 Å². The summed E-state index contributed by atoms with van der Waals surface area (Å²) in [6, 6.07) is 19.9. The van der Waals surface area contributed by atoms with Crippen LogP contribution in [-0.4, -0.2) is 25.0 Å². The molecular formula is C26H18BrN3O5. The number of barbiturate groups is 1. The number of methoxy groups -OCH3 is 1. The Bertz CT molecular complexity index is 1390. The van der Waals surface area contributed by atoms with Crippen molar-refractivity contribution in [1.29, 1.82) is 5.26 Å². The number of carbonyl (C=O) groups is 3. The summed E-state index contributed by atoms with van der Waals surface area (Å²) in [4.78, 5) is 38.8. The molecular weight excluding hydrogens is 514 g/mol. The van der Waals surface area contributed by atoms with Gasteiger partial charge < -0.3 is 9.47 Å². The van der Waals surface area contributed by atoms with Crippen molar-refractivity contribution in [2.75, 3.05) is 12.0 Å². The van der Waals surface area contributed by atoms with Crippen LogP contribution in [0.5, 0.6) is 11.5 Å². The second-order valence-corrected chi connectivity index (χ2v) is 8.32. The van der Waals surface area contributed by atoms with Gasteiger partial charge in [-0.2, -0.15) is 5.26 Å². The average molecular weight is 532 g/mol. The number of nitrogens with one attached hydrogen (secondary N) is 1. The largest absolute Gasteiger partial charge is 0.493 e. The molecule has 3 aromatic carbocycles. The Kier molecular flexibility index (Phi) is 6.94. The molecule has 0 radical (unpaired) electrons. The molecule has 1 aliphatic rings. The molecule has 0 saturated carbocycles. The molecule has 0 spiro atoms. The number of rotatable bonds is 6. The second kappa shape index (κ2) is 10.2. The van der Waals surface area contributed by atoms with Gasteiger partial charge in [-0.25, -0.2) is 9.69 Å². The number of ether oxygens (including phenoxy) is 2. The summed E-state index contributed by atoms with van der Waals surface area (Å²) >= 11 is 3.31. The molecule has 1 aliphatic heterocycles. The first-order valence-electron chi connectivity index (χ1n) is 10.4. The van der Waals surface area contributed by atoms with Gasteiger partial charge in [-0.05, 0) is 54.1 Å². The van der Waals surface area contributed by atoms with E-state index in [2.05, 4.69) is 27.3 Å². The fourth-order valence-electron chi connectivity index (χ4n) is 3.45. The van der Waals surface area contributed by atoms with Crippen LogP contribution in [-0.2, 0) is 16.2 Å². The zero-order valence-electron chi connectivity index (χ0n) is 18.4. The molecule has 0 aliphatic carbocycles. The standard InChI is InChI=1S/C26H18BrN3O5/c1-34-23-13-16(6-11-22(23)35-15-18-5-3-2-4-17(18)14-28)12-21-24(31)29-26(33)30(25(21)32)20-9-7-19(27)8-10-20/h2-13H,15H2,1H3,(H,29,31,33). The van der Waals surface area contributed by atoms with Crippen LogP contribution in [0, 0.1) is 11.3 Å². The van der Waals surface area contributed by atoms with Gasteiger partial charge in [-0.15, -0.1) is 0 Å². The van der Waals surface area contributed by atoms with Crippen LogP contribution in [0.4, 0.5) is 10.5 Å². The maximum atomic E-state index is 13.1. The first-order chi connectivity index (χ1) is 16.9. The molecule has 1 saturated heterocycles. The van der Waals surface area contributed by atoms with E-state index in [4.69, 9.17) is 9.47 Å². The zero-order valence-corrected chi connectivity index (χ0v) is 20.0. The maximum absolute atomic E-state index is 13.1. The van der Waals surface area contributed by atoms with Crippen LogP contribution >= 0.6 is 15.9 Å². The van der Waals surface area contributed by atoms with Gasteiger partial charge in [0.15, 0.2) is 11.5 Å². The summed E-state index contributed by atoms with van der Waals surface area (Å²) in [5.41, 5.74) is 1.86. The number of halogens is 1. The molecule has 0 bridgehead atoms. The zero-order chi connectivity index (χ0) is 24.9. The predicted molar refractivity (Wildman–Crippen MR) is 132 cm³/mol. The van der Waals surface area contributed by atoms with E-state index in [0.29, 0.717) is 28.3 Å². The van der Waals surface area contributed by atoms with Crippen LogP contribution < -0.4 is 19.7 Å². The van der Waals surface area contributed by atoms with Crippen molar-refractivity contribution in [2.24, 2.45) is 0 Å². The van der Waals surface area contributed by atoms with Gasteiger partial charge in [0.05, 0.1) is 24.4 Å². The highest BCUT2D eigenvalue weighted by atomic mass is 79.9. The SMILES string of the molecule is COc1cc(C=C2C(=O)NC(=O)N(c3ccc(Br)cc3)C2=O)ccc1OCc1ccccc1C#N. The Morgan fingerprint density at radius 3 is 2.49 bits per heavy atom. The molecule has 174 valence electrons. The van der Waals surface area contributed by atoms with E-state index in [-0.39, 0.29) is 12.2 Å². The highest BCUT2D eigenvalue weighted by Gasteiger charge is 2.36. The van der Waals surface area contributed by atoms with E-state index in [1.807, 2.05) is 6.07 Å². The first kappa shape index (κ1) is 23.7. The summed E-state index contributed by atoms with van der Waals surface area (Å²) in [6.07, 6.45) is 1.38. The number of nitriles is 1. The van der Waals surface area contributed by atoms with Crippen LogP contribution in [0.3, 0.4) is 0 Å². The van der Waals surface area contributed by atoms with Crippen LogP contribution in [0.1, 0.15) is 16.7 Å². The Labute approximate surface area is 209 Å². The average Bonchev–Trinajstić information content (AvgIpc) is 2.86. The Balaban J connectivity index is 1.60. The fourth-order valence-corrected chi connectivity index (χ4v) is 3.72. The lowest BCUT2D eigenvalue weighted by molar-refractivity contribution is -0.122. The molecule has 35 heavy (non-hydrogen) atoms. The molecule has 1 N–H and O–H groups in total. The third-order valence-corrected chi connectivity index (χ3v) is 5.73. The minimum atomic E-state index is -0.821. The van der Waals surface area contributed by atoms with Gasteiger partial charge in [0, 0.05) is 10.0 Å². The van der Waals surface area contributed by atoms with Gasteiger partial charge >= 0.3 is 6.03 Å². The smallest absolute Gasteiger partial charge is 0.335 e. The van der Waals surface area contributed by atoms with Crippen molar-refractivity contribution >= 4 is 45.5 Å². The number of benzene rings is 3. The number of carbonyl (C=O) groups excluding carboxylic acids is 3. The van der Waals surface area contributed by atoms with Crippen molar-refractivity contribution in [3.8, 4) is 17.6 Å². The predicted octanol–water partition coefficient (Wildman–Crippen LogP) is 4.57. The van der Waals surface area contributed by atoms with Crippen LogP contribution in [0.25, 0.3) is 6.08 Å². The molecule has 0 unspecified atom stereocenters. The maximum Gasteiger partial charge on any atom is 0.335 e. The van der Waals surface area contributed by atoms with Crippen LogP contribution in [0.15, 0.2) is 76.8 Å². The Morgan fingerprint density at radius 2 is 1.77 bits per heavy atom. The Morgan fingerprint density at radius 1 is 1.03 bits per heavy atom. The quantitative estimate of drug-likeness (QED) is 0.368. The van der Waals surface area contributed by atoms with Gasteiger partial charge in [-0.3, -0.25) is 14.9 Å². The van der Waals surface area contributed by atoms with Crippen molar-refractivity contribution in [3.05, 3.63) is 93.5 Å². The molecule has 1 heterocycles. The monoisotopic (exact) mass is 531 g/mol.